The first kappa shape index (κ1) is 12.4. The lowest BCUT2D eigenvalue weighted by Gasteiger charge is -2.33. The summed E-state index contributed by atoms with van der Waals surface area (Å²) in [6.45, 7) is 1.03. The summed E-state index contributed by atoms with van der Waals surface area (Å²) >= 11 is 0. The molecule has 1 saturated heterocycles. The molecule has 17 heavy (non-hydrogen) atoms. The lowest BCUT2D eigenvalue weighted by atomic mass is 9.84. The zero-order chi connectivity index (χ0) is 12.5. The Morgan fingerprint density at radius 3 is 2.41 bits per heavy atom. The minimum atomic E-state index is -0.419. The van der Waals surface area contributed by atoms with Gasteiger partial charge in [0, 0.05) is 13.1 Å². The van der Waals surface area contributed by atoms with Crippen LogP contribution in [0, 0.1) is 5.41 Å². The Morgan fingerprint density at radius 2 is 1.88 bits per heavy atom. The standard InChI is InChI=1S/C12H21N3O2/c13-8-12(5-1-2-6-12)11(17)15-7-3-4-9(15)10(14)16/h9H,1-8,13H2,(H2,14,16). The van der Waals surface area contributed by atoms with Crippen molar-refractivity contribution in [2.24, 2.45) is 16.9 Å². The fraction of sp³-hybridized carbons (Fsp3) is 0.833. The van der Waals surface area contributed by atoms with Crippen LogP contribution in [-0.2, 0) is 9.59 Å². The molecular weight excluding hydrogens is 218 g/mol. The third-order valence-corrected chi connectivity index (χ3v) is 4.25. The Morgan fingerprint density at radius 1 is 1.24 bits per heavy atom. The van der Waals surface area contributed by atoms with E-state index in [1.54, 1.807) is 4.90 Å². The Labute approximate surface area is 102 Å². The van der Waals surface area contributed by atoms with Crippen molar-refractivity contribution in [1.82, 2.24) is 4.90 Å². The van der Waals surface area contributed by atoms with Gasteiger partial charge in [-0.25, -0.2) is 0 Å². The minimum absolute atomic E-state index is 0.0544. The molecule has 96 valence electrons. The number of hydrogen-bond donors (Lipinski definition) is 2. The van der Waals surface area contributed by atoms with Gasteiger partial charge in [0.1, 0.15) is 6.04 Å². The number of carbonyl (C=O) groups excluding carboxylic acids is 2. The highest BCUT2D eigenvalue weighted by Crippen LogP contribution is 2.40. The molecule has 5 nitrogen and oxygen atoms in total. The number of carbonyl (C=O) groups is 2. The third-order valence-electron chi connectivity index (χ3n) is 4.25. The molecule has 0 aromatic rings. The fourth-order valence-electron chi connectivity index (χ4n) is 3.17. The van der Waals surface area contributed by atoms with Crippen molar-refractivity contribution in [3.8, 4) is 0 Å². The smallest absolute Gasteiger partial charge is 0.240 e. The molecule has 1 heterocycles. The first-order chi connectivity index (χ1) is 8.10. The maximum Gasteiger partial charge on any atom is 0.240 e. The summed E-state index contributed by atoms with van der Waals surface area (Å²) in [7, 11) is 0. The average Bonchev–Trinajstić information content (AvgIpc) is 2.98. The molecule has 0 bridgehead atoms. The van der Waals surface area contributed by atoms with Gasteiger partial charge >= 0.3 is 0 Å². The van der Waals surface area contributed by atoms with Crippen LogP contribution in [0.1, 0.15) is 38.5 Å². The number of amides is 2. The molecule has 1 aliphatic heterocycles. The van der Waals surface area contributed by atoms with Crippen LogP contribution in [0.5, 0.6) is 0 Å². The molecule has 0 spiro atoms. The number of nitrogens with two attached hydrogens (primary N) is 2. The Hall–Kier alpha value is -1.10. The van der Waals surface area contributed by atoms with Gasteiger partial charge in [-0.2, -0.15) is 0 Å². The summed E-state index contributed by atoms with van der Waals surface area (Å²) < 4.78 is 0. The first-order valence-electron chi connectivity index (χ1n) is 6.41. The summed E-state index contributed by atoms with van der Waals surface area (Å²) in [6, 6.07) is -0.411. The molecule has 1 atom stereocenters. The van der Waals surface area contributed by atoms with Gasteiger partial charge in [-0.3, -0.25) is 9.59 Å². The summed E-state index contributed by atoms with van der Waals surface area (Å²) in [5, 5.41) is 0. The summed E-state index contributed by atoms with van der Waals surface area (Å²) in [5.74, 6) is -0.334. The Kier molecular flexibility index (Phi) is 3.38. The van der Waals surface area contributed by atoms with Crippen LogP contribution in [0.3, 0.4) is 0 Å². The van der Waals surface area contributed by atoms with Crippen LogP contribution in [0.25, 0.3) is 0 Å². The average molecular weight is 239 g/mol. The third kappa shape index (κ3) is 2.04. The van der Waals surface area contributed by atoms with E-state index < -0.39 is 11.5 Å². The van der Waals surface area contributed by atoms with Crippen molar-refractivity contribution >= 4 is 11.8 Å². The molecule has 0 aromatic heterocycles. The monoisotopic (exact) mass is 239 g/mol. The second-order valence-electron chi connectivity index (χ2n) is 5.25. The largest absolute Gasteiger partial charge is 0.368 e. The van der Waals surface area contributed by atoms with E-state index >= 15 is 0 Å². The van der Waals surface area contributed by atoms with Gasteiger partial charge < -0.3 is 16.4 Å². The van der Waals surface area contributed by atoms with Crippen LogP contribution in [0.2, 0.25) is 0 Å². The van der Waals surface area contributed by atoms with Crippen molar-refractivity contribution in [3.63, 3.8) is 0 Å². The predicted octanol–water partition coefficient (Wildman–Crippen LogP) is -0.0182. The van der Waals surface area contributed by atoms with Crippen molar-refractivity contribution < 1.29 is 9.59 Å². The zero-order valence-electron chi connectivity index (χ0n) is 10.2. The van der Waals surface area contributed by atoms with Gasteiger partial charge in [-0.15, -0.1) is 0 Å². The van der Waals surface area contributed by atoms with E-state index in [0.29, 0.717) is 19.5 Å². The topological polar surface area (TPSA) is 89.4 Å². The Balaban J connectivity index is 2.15. The molecule has 2 aliphatic rings. The molecule has 0 radical (unpaired) electrons. The van der Waals surface area contributed by atoms with E-state index in [0.717, 1.165) is 32.1 Å². The number of rotatable bonds is 3. The molecular formula is C12H21N3O2. The van der Waals surface area contributed by atoms with Gasteiger partial charge in [0.05, 0.1) is 5.41 Å². The second-order valence-corrected chi connectivity index (χ2v) is 5.25. The quantitative estimate of drug-likeness (QED) is 0.725. The highest BCUT2D eigenvalue weighted by atomic mass is 16.2. The maximum absolute atomic E-state index is 12.6. The van der Waals surface area contributed by atoms with Gasteiger partial charge in [0.15, 0.2) is 0 Å². The molecule has 4 N–H and O–H groups in total. The van der Waals surface area contributed by atoms with Crippen molar-refractivity contribution in [2.45, 2.75) is 44.6 Å². The van der Waals surface area contributed by atoms with E-state index in [2.05, 4.69) is 0 Å². The SMILES string of the molecule is NCC1(C(=O)N2CCCC2C(N)=O)CCCC1. The summed E-state index contributed by atoms with van der Waals surface area (Å²) in [6.07, 6.45) is 5.37. The van der Waals surface area contributed by atoms with Crippen LogP contribution in [0.4, 0.5) is 0 Å². The molecule has 1 unspecified atom stereocenters. The lowest BCUT2D eigenvalue weighted by molar-refractivity contribution is -0.145. The van der Waals surface area contributed by atoms with Crippen molar-refractivity contribution in [1.29, 1.82) is 0 Å². The number of nitrogens with zero attached hydrogens (tertiary/aromatic N) is 1. The van der Waals surface area contributed by atoms with Gasteiger partial charge in [-0.1, -0.05) is 12.8 Å². The summed E-state index contributed by atoms with van der Waals surface area (Å²) in [5.41, 5.74) is 10.7. The summed E-state index contributed by atoms with van der Waals surface area (Å²) in [4.78, 5) is 25.5. The number of hydrogen-bond acceptors (Lipinski definition) is 3. The van der Waals surface area contributed by atoms with E-state index in [-0.39, 0.29) is 11.8 Å². The highest BCUT2D eigenvalue weighted by molar-refractivity contribution is 5.90. The van der Waals surface area contributed by atoms with Crippen LogP contribution >= 0.6 is 0 Å². The van der Waals surface area contributed by atoms with Gasteiger partial charge in [0.2, 0.25) is 11.8 Å². The van der Waals surface area contributed by atoms with Crippen molar-refractivity contribution in [3.05, 3.63) is 0 Å². The molecule has 5 heteroatoms. The van der Waals surface area contributed by atoms with Crippen LogP contribution in [-0.4, -0.2) is 35.8 Å². The highest BCUT2D eigenvalue weighted by Gasteiger charge is 2.46. The van der Waals surface area contributed by atoms with Gasteiger partial charge in [-0.05, 0) is 25.7 Å². The Bertz CT molecular complexity index is 324. The molecule has 2 rings (SSSR count). The molecule has 0 aromatic carbocycles. The zero-order valence-corrected chi connectivity index (χ0v) is 10.2. The molecule has 1 saturated carbocycles. The van der Waals surface area contributed by atoms with E-state index in [9.17, 15) is 9.59 Å². The number of primary amides is 1. The van der Waals surface area contributed by atoms with E-state index in [1.807, 2.05) is 0 Å². The normalized spacial score (nSPS) is 27.4. The first-order valence-corrected chi connectivity index (χ1v) is 6.41. The van der Waals surface area contributed by atoms with E-state index in [4.69, 9.17) is 11.5 Å². The second kappa shape index (κ2) is 4.64. The predicted molar refractivity (Wildman–Crippen MR) is 63.9 cm³/mol. The maximum atomic E-state index is 12.6. The van der Waals surface area contributed by atoms with Gasteiger partial charge in [0.25, 0.3) is 0 Å². The van der Waals surface area contributed by atoms with Crippen LogP contribution < -0.4 is 11.5 Å². The minimum Gasteiger partial charge on any atom is -0.368 e. The fourth-order valence-corrected chi connectivity index (χ4v) is 3.17. The number of likely N-dealkylation sites (tertiary alicyclic amines) is 1. The lowest BCUT2D eigenvalue weighted by Crippen LogP contribution is -2.51. The van der Waals surface area contributed by atoms with Crippen molar-refractivity contribution in [2.75, 3.05) is 13.1 Å². The molecule has 1 aliphatic carbocycles. The molecule has 2 fully saturated rings. The molecule has 2 amide bonds. The van der Waals surface area contributed by atoms with Crippen LogP contribution in [0.15, 0.2) is 0 Å². The van der Waals surface area contributed by atoms with E-state index in [1.165, 1.54) is 0 Å².